The molecule has 3 heteroatoms. The Morgan fingerprint density at radius 1 is 1.70 bits per heavy atom. The predicted molar refractivity (Wildman–Crippen MR) is 39.6 cm³/mol. The molecule has 0 aromatic carbocycles. The van der Waals surface area contributed by atoms with Gasteiger partial charge in [-0.25, -0.2) is 4.79 Å². The summed E-state index contributed by atoms with van der Waals surface area (Å²) < 4.78 is 0. The van der Waals surface area contributed by atoms with Crippen LogP contribution in [0.2, 0.25) is 0 Å². The fourth-order valence-corrected chi connectivity index (χ4v) is 1.43. The molecule has 0 spiro atoms. The van der Waals surface area contributed by atoms with E-state index in [-0.39, 0.29) is 11.6 Å². The smallest absolute Gasteiger partial charge is 0.312 e. The summed E-state index contributed by atoms with van der Waals surface area (Å²) >= 11 is 0. The van der Waals surface area contributed by atoms with Gasteiger partial charge in [0.05, 0.1) is 0 Å². The molecule has 1 saturated carbocycles. The molecular formula is C7H14N2O. The van der Waals surface area contributed by atoms with E-state index in [0.29, 0.717) is 0 Å². The van der Waals surface area contributed by atoms with Crippen molar-refractivity contribution in [2.45, 2.75) is 38.1 Å². The Kier molecular flexibility index (Phi) is 1.83. The van der Waals surface area contributed by atoms with Gasteiger partial charge in [-0.05, 0) is 25.7 Å². The second-order valence-electron chi connectivity index (χ2n) is 2.98. The van der Waals surface area contributed by atoms with Crippen molar-refractivity contribution in [2.24, 2.45) is 5.73 Å². The van der Waals surface area contributed by atoms with Gasteiger partial charge in [0.2, 0.25) is 0 Å². The number of hydrogen-bond acceptors (Lipinski definition) is 1. The van der Waals surface area contributed by atoms with Gasteiger partial charge >= 0.3 is 6.03 Å². The third-order valence-electron chi connectivity index (χ3n) is 2.38. The fourth-order valence-electron chi connectivity index (χ4n) is 1.43. The summed E-state index contributed by atoms with van der Waals surface area (Å²) in [6, 6.07) is -0.387. The highest BCUT2D eigenvalue weighted by Crippen LogP contribution is 2.34. The Hall–Kier alpha value is -0.730. The maximum Gasteiger partial charge on any atom is 0.312 e. The lowest BCUT2D eigenvalue weighted by Gasteiger charge is -2.41. The number of amides is 2. The van der Waals surface area contributed by atoms with Crippen molar-refractivity contribution in [2.75, 3.05) is 0 Å². The van der Waals surface area contributed by atoms with E-state index in [1.165, 1.54) is 6.42 Å². The maximum absolute atomic E-state index is 10.5. The summed E-state index contributed by atoms with van der Waals surface area (Å²) in [5, 5.41) is 2.78. The van der Waals surface area contributed by atoms with Crippen LogP contribution in [0.15, 0.2) is 0 Å². The Morgan fingerprint density at radius 3 is 2.40 bits per heavy atom. The van der Waals surface area contributed by atoms with Gasteiger partial charge in [-0.2, -0.15) is 0 Å². The zero-order chi connectivity index (χ0) is 7.61. The minimum Gasteiger partial charge on any atom is -0.352 e. The quantitative estimate of drug-likeness (QED) is 0.593. The van der Waals surface area contributed by atoms with Gasteiger partial charge in [0.25, 0.3) is 0 Å². The molecule has 0 aliphatic heterocycles. The van der Waals surface area contributed by atoms with E-state index >= 15 is 0 Å². The van der Waals surface area contributed by atoms with E-state index in [2.05, 4.69) is 12.2 Å². The van der Waals surface area contributed by atoms with Gasteiger partial charge in [-0.15, -0.1) is 0 Å². The normalized spacial score (nSPS) is 21.3. The average Bonchev–Trinajstić information content (AvgIpc) is 1.78. The third-order valence-corrected chi connectivity index (χ3v) is 2.38. The van der Waals surface area contributed by atoms with Crippen LogP contribution in [0, 0.1) is 0 Å². The lowest BCUT2D eigenvalue weighted by molar-refractivity contribution is 0.177. The van der Waals surface area contributed by atoms with Gasteiger partial charge in [0.15, 0.2) is 0 Å². The molecule has 0 saturated heterocycles. The van der Waals surface area contributed by atoms with Crippen molar-refractivity contribution < 1.29 is 4.79 Å². The molecule has 1 aliphatic carbocycles. The van der Waals surface area contributed by atoms with Crippen LogP contribution in [0.4, 0.5) is 4.79 Å². The highest BCUT2D eigenvalue weighted by Gasteiger charge is 2.35. The molecule has 3 nitrogen and oxygen atoms in total. The number of urea groups is 1. The van der Waals surface area contributed by atoms with Crippen molar-refractivity contribution in [3.8, 4) is 0 Å². The van der Waals surface area contributed by atoms with Crippen LogP contribution in [0.5, 0.6) is 0 Å². The van der Waals surface area contributed by atoms with Crippen LogP contribution in [0.3, 0.4) is 0 Å². The summed E-state index contributed by atoms with van der Waals surface area (Å²) in [4.78, 5) is 10.5. The summed E-state index contributed by atoms with van der Waals surface area (Å²) in [6.07, 6.45) is 4.39. The van der Waals surface area contributed by atoms with E-state index in [1.54, 1.807) is 0 Å². The van der Waals surface area contributed by atoms with Crippen molar-refractivity contribution in [1.82, 2.24) is 5.32 Å². The molecule has 0 radical (unpaired) electrons. The number of nitrogens with one attached hydrogen (secondary N) is 1. The molecule has 1 aliphatic rings. The third kappa shape index (κ3) is 1.23. The fraction of sp³-hybridized carbons (Fsp3) is 0.857. The van der Waals surface area contributed by atoms with E-state index in [0.717, 1.165) is 19.3 Å². The summed E-state index contributed by atoms with van der Waals surface area (Å²) in [5.74, 6) is 0. The molecule has 0 aromatic heterocycles. The molecule has 10 heavy (non-hydrogen) atoms. The second kappa shape index (κ2) is 2.48. The standard InChI is InChI=1S/C7H14N2O/c1-2-7(4-3-5-7)9-6(8)10/h2-5H2,1H3,(H3,8,9,10). The van der Waals surface area contributed by atoms with Gasteiger partial charge in [-0.3, -0.25) is 0 Å². The van der Waals surface area contributed by atoms with Crippen LogP contribution in [0.1, 0.15) is 32.6 Å². The molecular weight excluding hydrogens is 128 g/mol. The summed E-state index contributed by atoms with van der Waals surface area (Å²) in [7, 11) is 0. The Labute approximate surface area is 61.0 Å². The number of rotatable bonds is 2. The molecule has 0 bridgehead atoms. The highest BCUT2D eigenvalue weighted by atomic mass is 16.2. The minimum atomic E-state index is -0.387. The maximum atomic E-state index is 10.5. The Bertz CT molecular complexity index is 135. The Morgan fingerprint density at radius 2 is 2.30 bits per heavy atom. The number of primary amides is 1. The molecule has 2 amide bonds. The van der Waals surface area contributed by atoms with Crippen molar-refractivity contribution in [1.29, 1.82) is 0 Å². The van der Waals surface area contributed by atoms with Crippen LogP contribution in [-0.2, 0) is 0 Å². The van der Waals surface area contributed by atoms with E-state index in [1.807, 2.05) is 0 Å². The molecule has 0 atom stereocenters. The number of carbonyl (C=O) groups excluding carboxylic acids is 1. The lowest BCUT2D eigenvalue weighted by atomic mass is 9.75. The molecule has 0 unspecified atom stereocenters. The molecule has 1 rings (SSSR count). The summed E-state index contributed by atoms with van der Waals surface area (Å²) in [6.45, 7) is 2.08. The first-order valence-corrected chi connectivity index (χ1v) is 3.76. The van der Waals surface area contributed by atoms with Crippen molar-refractivity contribution >= 4 is 6.03 Å². The number of hydrogen-bond donors (Lipinski definition) is 2. The van der Waals surface area contributed by atoms with Gasteiger partial charge in [-0.1, -0.05) is 6.92 Å². The largest absolute Gasteiger partial charge is 0.352 e. The molecule has 1 fully saturated rings. The van der Waals surface area contributed by atoms with E-state index in [9.17, 15) is 4.79 Å². The second-order valence-corrected chi connectivity index (χ2v) is 2.98. The topological polar surface area (TPSA) is 55.1 Å². The molecule has 0 aromatic rings. The van der Waals surface area contributed by atoms with Crippen molar-refractivity contribution in [3.63, 3.8) is 0 Å². The van der Waals surface area contributed by atoms with Gasteiger partial charge < -0.3 is 11.1 Å². The van der Waals surface area contributed by atoms with Crippen LogP contribution >= 0.6 is 0 Å². The minimum absolute atomic E-state index is 0.0613. The first-order chi connectivity index (χ1) is 4.68. The predicted octanol–water partition coefficient (Wildman–Crippen LogP) is 0.987. The first kappa shape index (κ1) is 7.38. The van der Waals surface area contributed by atoms with E-state index < -0.39 is 0 Å². The van der Waals surface area contributed by atoms with Crippen LogP contribution in [-0.4, -0.2) is 11.6 Å². The number of carbonyl (C=O) groups is 1. The van der Waals surface area contributed by atoms with E-state index in [4.69, 9.17) is 5.73 Å². The Balaban J connectivity index is 2.40. The molecule has 0 heterocycles. The van der Waals surface area contributed by atoms with Gasteiger partial charge in [0, 0.05) is 5.54 Å². The first-order valence-electron chi connectivity index (χ1n) is 3.76. The molecule has 3 N–H and O–H groups in total. The lowest BCUT2D eigenvalue weighted by Crippen LogP contribution is -2.54. The van der Waals surface area contributed by atoms with Crippen molar-refractivity contribution in [3.05, 3.63) is 0 Å². The summed E-state index contributed by atoms with van der Waals surface area (Å²) in [5.41, 5.74) is 5.07. The average molecular weight is 142 g/mol. The zero-order valence-corrected chi connectivity index (χ0v) is 6.31. The van der Waals surface area contributed by atoms with Crippen LogP contribution in [0.25, 0.3) is 0 Å². The van der Waals surface area contributed by atoms with Crippen LogP contribution < -0.4 is 11.1 Å². The molecule has 58 valence electrons. The monoisotopic (exact) mass is 142 g/mol. The number of nitrogens with two attached hydrogens (primary N) is 1. The van der Waals surface area contributed by atoms with Gasteiger partial charge in [0.1, 0.15) is 0 Å². The highest BCUT2D eigenvalue weighted by molar-refractivity contribution is 5.72. The zero-order valence-electron chi connectivity index (χ0n) is 6.31. The SMILES string of the molecule is CCC1(NC(N)=O)CCC1.